The predicted octanol–water partition coefficient (Wildman–Crippen LogP) is 1.62. The fourth-order valence-corrected chi connectivity index (χ4v) is 5.30. The van der Waals surface area contributed by atoms with Gasteiger partial charge in [-0.3, -0.25) is 9.59 Å². The molecule has 1 heterocycles. The second-order valence-corrected chi connectivity index (χ2v) is 8.98. The summed E-state index contributed by atoms with van der Waals surface area (Å²) in [4.78, 5) is 26.4. The molecule has 0 spiro atoms. The van der Waals surface area contributed by atoms with E-state index in [1.165, 1.54) is 12.1 Å². The van der Waals surface area contributed by atoms with Crippen LogP contribution in [0, 0.1) is 18.3 Å². The molecule has 1 aromatic carbocycles. The SMILES string of the molecule is CCNS(=O)(=O)c1ccc(C)c(C(=O)N2C[C@@H]3CCC[C@@]3(C(=O)O)C2)c1. The largest absolute Gasteiger partial charge is 0.481 e. The van der Waals surface area contributed by atoms with Crippen molar-refractivity contribution in [2.24, 2.45) is 11.3 Å². The van der Waals surface area contributed by atoms with Gasteiger partial charge in [-0.1, -0.05) is 19.4 Å². The Bertz CT molecular complexity index is 851. The molecule has 2 aliphatic rings. The van der Waals surface area contributed by atoms with Gasteiger partial charge >= 0.3 is 5.97 Å². The minimum Gasteiger partial charge on any atom is -0.481 e. The van der Waals surface area contributed by atoms with Gasteiger partial charge in [0.05, 0.1) is 10.3 Å². The molecular formula is C18H24N2O5S. The first-order chi connectivity index (χ1) is 12.2. The molecule has 1 aliphatic heterocycles. The molecule has 7 nitrogen and oxygen atoms in total. The van der Waals surface area contributed by atoms with Crippen LogP contribution < -0.4 is 4.72 Å². The number of amides is 1. The van der Waals surface area contributed by atoms with Crippen molar-refractivity contribution in [3.8, 4) is 0 Å². The number of carbonyl (C=O) groups excluding carboxylic acids is 1. The highest BCUT2D eigenvalue weighted by molar-refractivity contribution is 7.89. The van der Waals surface area contributed by atoms with E-state index >= 15 is 0 Å². The molecule has 1 aliphatic carbocycles. The van der Waals surface area contributed by atoms with Crippen LogP contribution in [0.3, 0.4) is 0 Å². The van der Waals surface area contributed by atoms with Crippen molar-refractivity contribution in [2.45, 2.75) is 38.0 Å². The number of rotatable bonds is 5. The van der Waals surface area contributed by atoms with Crippen LogP contribution in [0.25, 0.3) is 0 Å². The lowest BCUT2D eigenvalue weighted by Gasteiger charge is -2.23. The van der Waals surface area contributed by atoms with E-state index in [0.717, 1.165) is 12.8 Å². The van der Waals surface area contributed by atoms with Gasteiger partial charge in [-0.15, -0.1) is 0 Å². The number of benzene rings is 1. The molecule has 0 aromatic heterocycles. The molecule has 0 bridgehead atoms. The summed E-state index contributed by atoms with van der Waals surface area (Å²) in [7, 11) is -3.66. The number of nitrogens with one attached hydrogen (secondary N) is 1. The van der Waals surface area contributed by atoms with Crippen molar-refractivity contribution in [3.05, 3.63) is 29.3 Å². The maximum atomic E-state index is 13.0. The van der Waals surface area contributed by atoms with Gasteiger partial charge in [-0.25, -0.2) is 13.1 Å². The molecule has 142 valence electrons. The third-order valence-corrected chi connectivity index (χ3v) is 7.21. The number of likely N-dealkylation sites (tertiary alicyclic amines) is 1. The van der Waals surface area contributed by atoms with Gasteiger partial charge in [0.1, 0.15) is 0 Å². The molecule has 1 saturated heterocycles. The second-order valence-electron chi connectivity index (χ2n) is 7.21. The minimum absolute atomic E-state index is 0.0297. The summed E-state index contributed by atoms with van der Waals surface area (Å²) in [6, 6.07) is 4.47. The Kier molecular flexibility index (Phi) is 4.83. The normalized spacial score (nSPS) is 25.3. The number of aliphatic carboxylic acids is 1. The van der Waals surface area contributed by atoms with Crippen molar-refractivity contribution in [2.75, 3.05) is 19.6 Å². The molecule has 0 radical (unpaired) electrons. The lowest BCUT2D eigenvalue weighted by molar-refractivity contribution is -0.149. The first kappa shape index (κ1) is 18.8. The molecule has 2 atom stereocenters. The van der Waals surface area contributed by atoms with Crippen LogP contribution in [0.1, 0.15) is 42.1 Å². The Morgan fingerprint density at radius 3 is 2.73 bits per heavy atom. The summed E-state index contributed by atoms with van der Waals surface area (Å²) in [5.74, 6) is -1.17. The van der Waals surface area contributed by atoms with Gasteiger partial charge in [0, 0.05) is 25.2 Å². The van der Waals surface area contributed by atoms with E-state index < -0.39 is 21.4 Å². The molecule has 2 N–H and O–H groups in total. The maximum absolute atomic E-state index is 13.0. The zero-order chi connectivity index (χ0) is 19.1. The summed E-state index contributed by atoms with van der Waals surface area (Å²) >= 11 is 0. The number of sulfonamides is 1. The van der Waals surface area contributed by atoms with E-state index in [2.05, 4.69) is 4.72 Å². The summed E-state index contributed by atoms with van der Waals surface area (Å²) in [6.07, 6.45) is 2.27. The molecule has 1 saturated carbocycles. The second kappa shape index (κ2) is 6.66. The van der Waals surface area contributed by atoms with Gasteiger partial charge in [-0.2, -0.15) is 0 Å². The standard InChI is InChI=1S/C18H24N2O5S/c1-3-19-26(24,25)14-7-6-12(2)15(9-14)16(21)20-10-13-5-4-8-18(13,11-20)17(22)23/h6-7,9,13,19H,3-5,8,10-11H2,1-2H3,(H,22,23)/t13-,18+/m0/s1. The van der Waals surface area contributed by atoms with Crippen molar-refractivity contribution in [1.29, 1.82) is 0 Å². The summed E-state index contributed by atoms with van der Waals surface area (Å²) in [5.41, 5.74) is 0.133. The van der Waals surface area contributed by atoms with Crippen LogP contribution >= 0.6 is 0 Å². The van der Waals surface area contributed by atoms with Crippen LogP contribution in [0.2, 0.25) is 0 Å². The topological polar surface area (TPSA) is 104 Å². The lowest BCUT2D eigenvalue weighted by Crippen LogP contribution is -2.37. The number of carbonyl (C=O) groups is 2. The molecule has 3 rings (SSSR count). The van der Waals surface area contributed by atoms with Gasteiger partial charge in [0.2, 0.25) is 10.0 Å². The fraction of sp³-hybridized carbons (Fsp3) is 0.556. The highest BCUT2D eigenvalue weighted by Gasteiger charge is 2.55. The summed E-state index contributed by atoms with van der Waals surface area (Å²) in [6.45, 7) is 4.30. The monoisotopic (exact) mass is 380 g/mol. The predicted molar refractivity (Wildman–Crippen MR) is 95.4 cm³/mol. The number of carboxylic acids is 1. The molecule has 1 amide bonds. The number of carboxylic acid groups (broad SMARTS) is 1. The molecular weight excluding hydrogens is 356 g/mol. The third kappa shape index (κ3) is 3.01. The Morgan fingerprint density at radius 1 is 1.38 bits per heavy atom. The van der Waals surface area contributed by atoms with Crippen molar-refractivity contribution in [1.82, 2.24) is 9.62 Å². The van der Waals surface area contributed by atoms with Crippen LogP contribution in [0.15, 0.2) is 23.1 Å². The number of nitrogens with zero attached hydrogens (tertiary/aromatic N) is 1. The summed E-state index contributed by atoms with van der Waals surface area (Å²) < 4.78 is 26.9. The number of hydrogen-bond acceptors (Lipinski definition) is 4. The average molecular weight is 380 g/mol. The molecule has 26 heavy (non-hydrogen) atoms. The highest BCUT2D eigenvalue weighted by Crippen LogP contribution is 2.49. The van der Waals surface area contributed by atoms with E-state index in [0.29, 0.717) is 24.1 Å². The smallest absolute Gasteiger partial charge is 0.311 e. The maximum Gasteiger partial charge on any atom is 0.311 e. The quantitative estimate of drug-likeness (QED) is 0.808. The molecule has 8 heteroatoms. The molecule has 1 aromatic rings. The zero-order valence-electron chi connectivity index (χ0n) is 15.0. The third-order valence-electron chi connectivity index (χ3n) is 5.67. The summed E-state index contributed by atoms with van der Waals surface area (Å²) in [5, 5.41) is 9.68. The minimum atomic E-state index is -3.66. The van der Waals surface area contributed by atoms with Crippen molar-refractivity contribution in [3.63, 3.8) is 0 Å². The van der Waals surface area contributed by atoms with Gasteiger partial charge in [0.15, 0.2) is 0 Å². The first-order valence-electron chi connectivity index (χ1n) is 8.84. The van der Waals surface area contributed by atoms with E-state index in [1.807, 2.05) is 0 Å². The van der Waals surface area contributed by atoms with E-state index in [-0.39, 0.29) is 29.8 Å². The number of fused-ring (bicyclic) bond motifs is 1. The molecule has 0 unspecified atom stereocenters. The van der Waals surface area contributed by atoms with Gasteiger partial charge < -0.3 is 10.0 Å². The van der Waals surface area contributed by atoms with Crippen LogP contribution in [-0.4, -0.2) is 49.9 Å². The van der Waals surface area contributed by atoms with Crippen LogP contribution in [-0.2, 0) is 14.8 Å². The van der Waals surface area contributed by atoms with Gasteiger partial charge in [-0.05, 0) is 43.4 Å². The number of aryl methyl sites for hydroxylation is 1. The van der Waals surface area contributed by atoms with E-state index in [1.54, 1.807) is 24.8 Å². The van der Waals surface area contributed by atoms with E-state index in [4.69, 9.17) is 0 Å². The Balaban J connectivity index is 1.91. The Labute approximate surface area is 153 Å². The molecule has 2 fully saturated rings. The average Bonchev–Trinajstić information content (AvgIpc) is 3.12. The fourth-order valence-electron chi connectivity index (χ4n) is 4.24. The van der Waals surface area contributed by atoms with E-state index in [9.17, 15) is 23.1 Å². The van der Waals surface area contributed by atoms with Crippen LogP contribution in [0.5, 0.6) is 0 Å². The number of hydrogen-bond donors (Lipinski definition) is 2. The zero-order valence-corrected chi connectivity index (χ0v) is 15.8. The Hall–Kier alpha value is -1.93. The lowest BCUT2D eigenvalue weighted by atomic mass is 9.81. The highest BCUT2D eigenvalue weighted by atomic mass is 32.2. The van der Waals surface area contributed by atoms with Crippen molar-refractivity contribution >= 4 is 21.9 Å². The van der Waals surface area contributed by atoms with Gasteiger partial charge in [0.25, 0.3) is 5.91 Å². The van der Waals surface area contributed by atoms with Crippen molar-refractivity contribution < 1.29 is 23.1 Å². The Morgan fingerprint density at radius 2 is 2.12 bits per heavy atom. The van der Waals surface area contributed by atoms with Crippen LogP contribution in [0.4, 0.5) is 0 Å². The first-order valence-corrected chi connectivity index (χ1v) is 10.3.